The lowest BCUT2D eigenvalue weighted by Gasteiger charge is -2.18. The van der Waals surface area contributed by atoms with Crippen LogP contribution in [-0.4, -0.2) is 30.3 Å². The van der Waals surface area contributed by atoms with Gasteiger partial charge in [-0.05, 0) is 61.1 Å². The zero-order chi connectivity index (χ0) is 18.8. The number of rotatable bonds is 5. The van der Waals surface area contributed by atoms with Gasteiger partial charge in [0.2, 0.25) is 11.8 Å². The van der Waals surface area contributed by atoms with E-state index in [1.165, 1.54) is 4.90 Å². The van der Waals surface area contributed by atoms with E-state index in [0.717, 1.165) is 28.8 Å². The Bertz CT molecular complexity index is 850. The molecule has 26 heavy (non-hydrogen) atoms. The molecule has 2 aromatic rings. The average Bonchev–Trinajstić information content (AvgIpc) is 3.39. The number of benzene rings is 2. The van der Waals surface area contributed by atoms with Crippen LogP contribution >= 0.6 is 11.6 Å². The molecule has 5 heteroatoms. The van der Waals surface area contributed by atoms with Gasteiger partial charge in [-0.2, -0.15) is 0 Å². The molecule has 4 nitrogen and oxygen atoms in total. The molecule has 136 valence electrons. The van der Waals surface area contributed by atoms with Gasteiger partial charge in [-0.3, -0.25) is 9.59 Å². The Morgan fingerprint density at radius 1 is 1.19 bits per heavy atom. The van der Waals surface area contributed by atoms with Crippen molar-refractivity contribution in [3.63, 3.8) is 0 Å². The molecule has 0 spiro atoms. The maximum Gasteiger partial charge on any atom is 0.243 e. The molecule has 1 fully saturated rings. The van der Waals surface area contributed by atoms with Crippen LogP contribution in [0.4, 0.5) is 5.69 Å². The zero-order valence-corrected chi connectivity index (χ0v) is 16.0. The lowest BCUT2D eigenvalue weighted by atomic mass is 10.1. The number of hydrogen-bond acceptors (Lipinski definition) is 2. The number of hydrogen-bond donors (Lipinski definition) is 1. The molecule has 0 saturated heterocycles. The highest BCUT2D eigenvalue weighted by Crippen LogP contribution is 2.48. The Hall–Kier alpha value is -2.33. The van der Waals surface area contributed by atoms with Crippen LogP contribution < -0.4 is 5.32 Å². The molecule has 1 N–H and O–H groups in total. The lowest BCUT2D eigenvalue weighted by Crippen LogP contribution is -2.36. The van der Waals surface area contributed by atoms with E-state index in [2.05, 4.69) is 5.32 Å². The van der Waals surface area contributed by atoms with E-state index in [-0.39, 0.29) is 30.2 Å². The van der Waals surface area contributed by atoms with Crippen molar-refractivity contribution in [2.24, 2.45) is 5.92 Å². The summed E-state index contributed by atoms with van der Waals surface area (Å²) >= 11 is 6.03. The van der Waals surface area contributed by atoms with Crippen LogP contribution in [0.3, 0.4) is 0 Å². The summed E-state index contributed by atoms with van der Waals surface area (Å²) in [6.45, 7) is 4.02. The van der Waals surface area contributed by atoms with E-state index in [9.17, 15) is 9.59 Å². The molecule has 0 aliphatic heterocycles. The number of anilines is 1. The van der Waals surface area contributed by atoms with Crippen molar-refractivity contribution in [1.29, 1.82) is 0 Å². The number of nitrogens with one attached hydrogen (secondary N) is 1. The zero-order valence-electron chi connectivity index (χ0n) is 15.3. The summed E-state index contributed by atoms with van der Waals surface area (Å²) < 4.78 is 0. The first-order valence-corrected chi connectivity index (χ1v) is 9.11. The van der Waals surface area contributed by atoms with Crippen LogP contribution in [0.2, 0.25) is 5.02 Å². The van der Waals surface area contributed by atoms with Gasteiger partial charge in [0.1, 0.15) is 0 Å². The SMILES string of the molecule is Cc1cccc(NC(=O)CN(C)C(=O)C2CC2c2cccc(Cl)c2)c1C. The van der Waals surface area contributed by atoms with Gasteiger partial charge in [0, 0.05) is 23.7 Å². The van der Waals surface area contributed by atoms with Crippen LogP contribution in [0.5, 0.6) is 0 Å². The standard InChI is InChI=1S/C21H23ClN2O2/c1-13-6-4-9-19(14(13)2)23-20(25)12-24(3)21(26)18-11-17(18)15-7-5-8-16(22)10-15/h4-10,17-18H,11-12H2,1-3H3,(H,23,25). The number of likely N-dealkylation sites (N-methyl/N-ethyl adjacent to an activating group) is 1. The van der Waals surface area contributed by atoms with Crippen molar-refractivity contribution < 1.29 is 9.59 Å². The van der Waals surface area contributed by atoms with E-state index in [4.69, 9.17) is 11.6 Å². The molecule has 1 aliphatic carbocycles. The second-order valence-electron chi connectivity index (χ2n) is 6.99. The molecule has 0 radical (unpaired) electrons. The Morgan fingerprint density at radius 3 is 2.65 bits per heavy atom. The van der Waals surface area contributed by atoms with Gasteiger partial charge in [-0.15, -0.1) is 0 Å². The van der Waals surface area contributed by atoms with Crippen molar-refractivity contribution in [2.75, 3.05) is 18.9 Å². The summed E-state index contributed by atoms with van der Waals surface area (Å²) in [5.74, 6) is -0.0432. The monoisotopic (exact) mass is 370 g/mol. The number of carbonyl (C=O) groups is 2. The average molecular weight is 371 g/mol. The molecule has 2 atom stereocenters. The van der Waals surface area contributed by atoms with Gasteiger partial charge >= 0.3 is 0 Å². The molecule has 0 bridgehead atoms. The van der Waals surface area contributed by atoms with Gasteiger partial charge in [0.15, 0.2) is 0 Å². The highest BCUT2D eigenvalue weighted by Gasteiger charge is 2.45. The molecule has 0 aromatic heterocycles. The molecule has 1 saturated carbocycles. The summed E-state index contributed by atoms with van der Waals surface area (Å²) in [5.41, 5.74) is 4.04. The fraction of sp³-hybridized carbons (Fsp3) is 0.333. The minimum Gasteiger partial charge on any atom is -0.336 e. The van der Waals surface area contributed by atoms with Gasteiger partial charge in [-0.1, -0.05) is 35.9 Å². The van der Waals surface area contributed by atoms with Crippen LogP contribution in [0.25, 0.3) is 0 Å². The number of aryl methyl sites for hydroxylation is 1. The Balaban J connectivity index is 1.56. The summed E-state index contributed by atoms with van der Waals surface area (Å²) in [4.78, 5) is 26.4. The number of nitrogens with zero attached hydrogens (tertiary/aromatic N) is 1. The fourth-order valence-electron chi connectivity index (χ4n) is 3.23. The third-order valence-electron chi connectivity index (χ3n) is 5.02. The smallest absolute Gasteiger partial charge is 0.243 e. The van der Waals surface area contributed by atoms with E-state index in [0.29, 0.717) is 5.02 Å². The van der Waals surface area contributed by atoms with Gasteiger partial charge in [-0.25, -0.2) is 0 Å². The van der Waals surface area contributed by atoms with Crippen molar-refractivity contribution >= 4 is 29.1 Å². The van der Waals surface area contributed by atoms with Crippen LogP contribution in [0.1, 0.15) is 29.0 Å². The molecule has 0 heterocycles. The summed E-state index contributed by atoms with van der Waals surface area (Å²) in [7, 11) is 1.68. The van der Waals surface area contributed by atoms with E-state index >= 15 is 0 Å². The Labute approximate surface area is 159 Å². The van der Waals surface area contributed by atoms with Gasteiger partial charge in [0.25, 0.3) is 0 Å². The number of carbonyl (C=O) groups excluding carboxylic acids is 2. The van der Waals surface area contributed by atoms with E-state index < -0.39 is 0 Å². The van der Waals surface area contributed by atoms with Crippen LogP contribution in [0, 0.1) is 19.8 Å². The minimum absolute atomic E-state index is 0.00564. The van der Waals surface area contributed by atoms with Crippen LogP contribution in [0.15, 0.2) is 42.5 Å². The van der Waals surface area contributed by atoms with E-state index in [1.54, 1.807) is 7.05 Å². The summed E-state index contributed by atoms with van der Waals surface area (Å²) in [6, 6.07) is 13.4. The van der Waals surface area contributed by atoms with Crippen molar-refractivity contribution in [3.05, 3.63) is 64.2 Å². The summed E-state index contributed by atoms with van der Waals surface area (Å²) in [5, 5.41) is 3.58. The van der Waals surface area contributed by atoms with Gasteiger partial charge < -0.3 is 10.2 Å². The molecule has 3 rings (SSSR count). The van der Waals surface area contributed by atoms with Crippen molar-refractivity contribution in [2.45, 2.75) is 26.2 Å². The molecule has 1 aliphatic rings. The second-order valence-corrected chi connectivity index (χ2v) is 7.43. The quantitative estimate of drug-likeness (QED) is 0.859. The topological polar surface area (TPSA) is 49.4 Å². The first-order chi connectivity index (χ1) is 12.4. The third kappa shape index (κ3) is 4.07. The summed E-state index contributed by atoms with van der Waals surface area (Å²) in [6.07, 6.45) is 0.808. The molecular formula is C21H23ClN2O2. The molecule has 2 unspecified atom stereocenters. The maximum absolute atomic E-state index is 12.6. The van der Waals surface area contributed by atoms with E-state index in [1.807, 2.05) is 56.3 Å². The lowest BCUT2D eigenvalue weighted by molar-refractivity contribution is -0.134. The Morgan fingerprint density at radius 2 is 1.92 bits per heavy atom. The second kappa shape index (κ2) is 7.50. The van der Waals surface area contributed by atoms with Crippen LogP contribution in [-0.2, 0) is 9.59 Å². The predicted octanol–water partition coefficient (Wildman–Crippen LogP) is 4.16. The van der Waals surface area contributed by atoms with Crippen molar-refractivity contribution in [1.82, 2.24) is 4.90 Å². The third-order valence-corrected chi connectivity index (χ3v) is 5.26. The highest BCUT2D eigenvalue weighted by atomic mass is 35.5. The largest absolute Gasteiger partial charge is 0.336 e. The highest BCUT2D eigenvalue weighted by molar-refractivity contribution is 6.30. The fourth-order valence-corrected chi connectivity index (χ4v) is 3.42. The van der Waals surface area contributed by atoms with Gasteiger partial charge in [0.05, 0.1) is 6.54 Å². The molecule has 2 aromatic carbocycles. The predicted molar refractivity (Wildman–Crippen MR) is 104 cm³/mol. The Kier molecular flexibility index (Phi) is 5.33. The molecule has 2 amide bonds. The number of amides is 2. The first kappa shape index (κ1) is 18.5. The number of halogens is 1. The first-order valence-electron chi connectivity index (χ1n) is 8.73. The maximum atomic E-state index is 12.6. The minimum atomic E-state index is -0.186. The van der Waals surface area contributed by atoms with Crippen molar-refractivity contribution in [3.8, 4) is 0 Å². The molecular weight excluding hydrogens is 348 g/mol. The normalized spacial score (nSPS) is 18.3.